The normalized spacial score (nSPS) is 15.0. The summed E-state index contributed by atoms with van der Waals surface area (Å²) in [5, 5.41) is 0. The monoisotopic (exact) mass is 362 g/mol. The van der Waals surface area contributed by atoms with Gasteiger partial charge in [0.05, 0.1) is 18.8 Å². The molecule has 2 atom stereocenters. The maximum atomic E-state index is 6.89. The highest BCUT2D eigenvalue weighted by atomic mass is 28.4. The Morgan fingerprint density at radius 2 is 1.44 bits per heavy atom. The van der Waals surface area contributed by atoms with Crippen LogP contribution < -0.4 is 0 Å². The Labute approximate surface area is 156 Å². The van der Waals surface area contributed by atoms with Crippen molar-refractivity contribution in [2.75, 3.05) is 0 Å². The van der Waals surface area contributed by atoms with E-state index in [2.05, 4.69) is 79.3 Å². The Kier molecular flexibility index (Phi) is 9.12. The molecule has 25 heavy (non-hydrogen) atoms. The number of hydrogen-bond acceptors (Lipinski definition) is 2. The highest BCUT2D eigenvalue weighted by Crippen LogP contribution is 2.43. The van der Waals surface area contributed by atoms with Gasteiger partial charge < -0.3 is 9.16 Å². The highest BCUT2D eigenvalue weighted by Gasteiger charge is 2.46. The maximum absolute atomic E-state index is 6.89. The molecule has 3 heteroatoms. The van der Waals surface area contributed by atoms with Gasteiger partial charge in [0.25, 0.3) is 0 Å². The van der Waals surface area contributed by atoms with Crippen LogP contribution >= 0.6 is 0 Å². The van der Waals surface area contributed by atoms with Crippen LogP contribution in [0.5, 0.6) is 0 Å². The first-order valence-electron chi connectivity index (χ1n) is 9.69. The third-order valence-electron chi connectivity index (χ3n) is 5.33. The average molecular weight is 363 g/mol. The van der Waals surface area contributed by atoms with Crippen molar-refractivity contribution in [1.29, 1.82) is 0 Å². The first kappa shape index (κ1) is 22.1. The number of benzene rings is 1. The lowest BCUT2D eigenvalue weighted by atomic mass is 10.1. The quantitative estimate of drug-likeness (QED) is 0.321. The first-order valence-corrected chi connectivity index (χ1v) is 11.8. The zero-order valence-electron chi connectivity index (χ0n) is 17.3. The standard InChI is InChI=1S/C22H38O2Si/c1-9-13-22(23-16-21-14-11-10-12-15-21)20(8)24-25(17(2)3,18(4)5)19(6)7/h9-12,14-15,17-20,22H,1,13,16H2,2-8H3/t20-,22+/m0/s1. The van der Waals surface area contributed by atoms with Crippen molar-refractivity contribution in [2.24, 2.45) is 0 Å². The molecule has 0 aliphatic carbocycles. The maximum Gasteiger partial charge on any atom is 0.200 e. The molecule has 0 aliphatic rings. The summed E-state index contributed by atoms with van der Waals surface area (Å²) in [6.07, 6.45) is 2.87. The summed E-state index contributed by atoms with van der Waals surface area (Å²) < 4.78 is 13.1. The van der Waals surface area contributed by atoms with Gasteiger partial charge in [-0.05, 0) is 35.5 Å². The van der Waals surface area contributed by atoms with Crippen molar-refractivity contribution in [3.8, 4) is 0 Å². The van der Waals surface area contributed by atoms with Crippen molar-refractivity contribution >= 4 is 8.32 Å². The summed E-state index contributed by atoms with van der Waals surface area (Å²) >= 11 is 0. The van der Waals surface area contributed by atoms with Gasteiger partial charge in [-0.3, -0.25) is 0 Å². The van der Waals surface area contributed by atoms with Crippen LogP contribution in [0.3, 0.4) is 0 Å². The fraction of sp³-hybridized carbons (Fsp3) is 0.636. The van der Waals surface area contributed by atoms with E-state index in [9.17, 15) is 0 Å². The minimum absolute atomic E-state index is 0.0424. The van der Waals surface area contributed by atoms with Gasteiger partial charge in [-0.1, -0.05) is 78.0 Å². The van der Waals surface area contributed by atoms with Crippen molar-refractivity contribution in [2.45, 2.75) is 90.3 Å². The second kappa shape index (κ2) is 10.3. The lowest BCUT2D eigenvalue weighted by Crippen LogP contribution is -2.52. The molecular formula is C22H38O2Si. The largest absolute Gasteiger partial charge is 0.411 e. The smallest absolute Gasteiger partial charge is 0.200 e. The summed E-state index contributed by atoms with van der Waals surface area (Å²) in [7, 11) is -1.91. The Balaban J connectivity index is 2.89. The number of hydrogen-bond donors (Lipinski definition) is 0. The molecule has 2 nitrogen and oxygen atoms in total. The predicted octanol–water partition coefficient (Wildman–Crippen LogP) is 6.73. The zero-order chi connectivity index (χ0) is 19.0. The van der Waals surface area contributed by atoms with Crippen LogP contribution in [-0.4, -0.2) is 20.5 Å². The lowest BCUT2D eigenvalue weighted by Gasteiger charge is -2.45. The molecule has 0 amide bonds. The molecule has 142 valence electrons. The van der Waals surface area contributed by atoms with Crippen LogP contribution in [0.1, 0.15) is 60.5 Å². The molecule has 0 aromatic heterocycles. The van der Waals surface area contributed by atoms with Crippen LogP contribution in [0.4, 0.5) is 0 Å². The molecule has 0 fully saturated rings. The lowest BCUT2D eigenvalue weighted by molar-refractivity contribution is -0.0318. The van der Waals surface area contributed by atoms with Gasteiger partial charge in [-0.15, -0.1) is 6.58 Å². The second-order valence-corrected chi connectivity index (χ2v) is 13.4. The molecule has 0 bridgehead atoms. The molecule has 1 rings (SSSR count). The molecule has 0 N–H and O–H groups in total. The van der Waals surface area contributed by atoms with E-state index in [1.165, 1.54) is 5.56 Å². The van der Waals surface area contributed by atoms with E-state index in [1.54, 1.807) is 0 Å². The predicted molar refractivity (Wildman–Crippen MR) is 111 cm³/mol. The minimum atomic E-state index is -1.91. The van der Waals surface area contributed by atoms with Crippen molar-refractivity contribution in [1.82, 2.24) is 0 Å². The van der Waals surface area contributed by atoms with Crippen molar-refractivity contribution < 1.29 is 9.16 Å². The molecular weight excluding hydrogens is 324 g/mol. The summed E-state index contributed by atoms with van der Waals surface area (Å²) in [5.41, 5.74) is 2.93. The van der Waals surface area contributed by atoms with Gasteiger partial charge in [0, 0.05) is 0 Å². The Bertz CT molecular complexity index is 474. The molecule has 1 aromatic rings. The molecule has 0 unspecified atom stereocenters. The van der Waals surface area contributed by atoms with Crippen LogP contribution in [0.2, 0.25) is 16.6 Å². The van der Waals surface area contributed by atoms with Gasteiger partial charge in [0.1, 0.15) is 0 Å². The summed E-state index contributed by atoms with van der Waals surface area (Å²) in [6.45, 7) is 20.7. The summed E-state index contributed by atoms with van der Waals surface area (Å²) in [6, 6.07) is 10.3. The first-order chi connectivity index (χ1) is 11.8. The molecule has 0 saturated heterocycles. The minimum Gasteiger partial charge on any atom is -0.411 e. The molecule has 1 aromatic carbocycles. The topological polar surface area (TPSA) is 18.5 Å². The van der Waals surface area contributed by atoms with Gasteiger partial charge in [0.2, 0.25) is 8.32 Å². The molecule has 0 heterocycles. The van der Waals surface area contributed by atoms with E-state index in [-0.39, 0.29) is 12.2 Å². The molecule has 0 saturated carbocycles. The summed E-state index contributed by atoms with van der Waals surface area (Å²) in [4.78, 5) is 0. The average Bonchev–Trinajstić information content (AvgIpc) is 2.56. The highest BCUT2D eigenvalue weighted by molar-refractivity contribution is 6.77. The van der Waals surface area contributed by atoms with E-state index < -0.39 is 8.32 Å². The van der Waals surface area contributed by atoms with Gasteiger partial charge >= 0.3 is 0 Å². The Hall–Kier alpha value is -0.903. The fourth-order valence-electron chi connectivity index (χ4n) is 4.14. The van der Waals surface area contributed by atoms with Gasteiger partial charge in [0.15, 0.2) is 0 Å². The number of rotatable bonds is 11. The Morgan fingerprint density at radius 3 is 1.88 bits per heavy atom. The molecule has 0 spiro atoms. The van der Waals surface area contributed by atoms with Crippen molar-refractivity contribution in [3.63, 3.8) is 0 Å². The van der Waals surface area contributed by atoms with Crippen LogP contribution in [0.15, 0.2) is 43.0 Å². The van der Waals surface area contributed by atoms with Crippen molar-refractivity contribution in [3.05, 3.63) is 48.6 Å². The van der Waals surface area contributed by atoms with Crippen LogP contribution in [0.25, 0.3) is 0 Å². The SMILES string of the molecule is C=CC[C@@H](OCc1ccccc1)[C@H](C)O[Si](C(C)C)(C(C)C)C(C)C. The van der Waals surface area contributed by atoms with Gasteiger partial charge in [-0.2, -0.15) is 0 Å². The van der Waals surface area contributed by atoms with E-state index in [0.717, 1.165) is 6.42 Å². The van der Waals surface area contributed by atoms with E-state index in [4.69, 9.17) is 9.16 Å². The zero-order valence-corrected chi connectivity index (χ0v) is 18.3. The summed E-state index contributed by atoms with van der Waals surface area (Å²) in [5.74, 6) is 0. The van der Waals surface area contributed by atoms with E-state index in [1.807, 2.05) is 12.1 Å². The third kappa shape index (κ3) is 5.80. The van der Waals surface area contributed by atoms with Crippen LogP contribution in [0, 0.1) is 0 Å². The molecule has 0 aliphatic heterocycles. The van der Waals surface area contributed by atoms with Crippen LogP contribution in [-0.2, 0) is 15.8 Å². The van der Waals surface area contributed by atoms with E-state index in [0.29, 0.717) is 23.2 Å². The Morgan fingerprint density at radius 1 is 0.920 bits per heavy atom. The third-order valence-corrected chi connectivity index (χ3v) is 11.5. The van der Waals surface area contributed by atoms with E-state index >= 15 is 0 Å². The van der Waals surface area contributed by atoms with Gasteiger partial charge in [-0.25, -0.2) is 0 Å². The molecule has 0 radical (unpaired) electrons. The number of ether oxygens (including phenoxy) is 1. The second-order valence-electron chi connectivity index (χ2n) is 8.00. The fourth-order valence-corrected chi connectivity index (χ4v) is 9.76.